The summed E-state index contributed by atoms with van der Waals surface area (Å²) in [6.07, 6.45) is 6.59. The van der Waals surface area contributed by atoms with Crippen LogP contribution in [0.3, 0.4) is 0 Å². The van der Waals surface area contributed by atoms with Gasteiger partial charge in [-0.05, 0) is 37.5 Å². The van der Waals surface area contributed by atoms with Crippen LogP contribution in [-0.2, 0) is 0 Å². The molecule has 1 fully saturated rings. The van der Waals surface area contributed by atoms with Crippen LogP contribution in [0.4, 0.5) is 11.4 Å². The molecule has 17 heavy (non-hydrogen) atoms. The number of hydrogen-bond acceptors (Lipinski definition) is 2. The van der Waals surface area contributed by atoms with E-state index in [0.29, 0.717) is 6.04 Å². The van der Waals surface area contributed by atoms with E-state index in [1.807, 2.05) is 13.0 Å². The molecule has 0 amide bonds. The summed E-state index contributed by atoms with van der Waals surface area (Å²) in [4.78, 5) is 2.33. The van der Waals surface area contributed by atoms with Gasteiger partial charge in [-0.15, -0.1) is 0 Å². The van der Waals surface area contributed by atoms with Crippen LogP contribution < -0.4 is 10.6 Å². The maximum atomic E-state index is 6.08. The van der Waals surface area contributed by atoms with Crippen LogP contribution in [-0.4, -0.2) is 13.1 Å². The fourth-order valence-corrected chi connectivity index (χ4v) is 2.82. The normalized spacial score (nSPS) is 17.1. The van der Waals surface area contributed by atoms with Gasteiger partial charge < -0.3 is 10.6 Å². The van der Waals surface area contributed by atoms with Gasteiger partial charge in [0.05, 0.1) is 11.4 Å². The van der Waals surface area contributed by atoms with Crippen LogP contribution in [0, 0.1) is 6.92 Å². The summed E-state index contributed by atoms with van der Waals surface area (Å²) in [5.74, 6) is 0. The molecule has 0 aliphatic heterocycles. The minimum Gasteiger partial charge on any atom is -0.397 e. The summed E-state index contributed by atoms with van der Waals surface area (Å²) < 4.78 is 0. The Morgan fingerprint density at radius 1 is 1.24 bits per heavy atom. The largest absolute Gasteiger partial charge is 0.397 e. The number of nitrogen functional groups attached to an aromatic ring is 1. The molecule has 94 valence electrons. The Balaban J connectivity index is 2.23. The molecule has 1 aliphatic rings. The first-order valence-electron chi connectivity index (χ1n) is 6.38. The van der Waals surface area contributed by atoms with Crippen LogP contribution in [0.25, 0.3) is 0 Å². The van der Waals surface area contributed by atoms with Crippen molar-refractivity contribution < 1.29 is 0 Å². The Bertz CT molecular complexity index is 397. The summed E-state index contributed by atoms with van der Waals surface area (Å²) in [5.41, 5.74) is 9.08. The number of nitrogens with zero attached hydrogens (tertiary/aromatic N) is 1. The minimum atomic E-state index is 0.631. The smallest absolute Gasteiger partial charge is 0.0603 e. The maximum Gasteiger partial charge on any atom is 0.0603 e. The molecular weight excluding hydrogens is 232 g/mol. The van der Waals surface area contributed by atoms with Crippen molar-refractivity contribution in [3.8, 4) is 0 Å². The predicted octanol–water partition coefficient (Wildman–Crippen LogP) is 4.00. The second-order valence-corrected chi connectivity index (χ2v) is 5.47. The molecule has 1 aromatic carbocycles. The standard InChI is InChI=1S/C14H21ClN2/c1-10-8-14(13(16)9-12(10)15)17(2)11-6-4-3-5-7-11/h8-9,11H,3-7,16H2,1-2H3. The topological polar surface area (TPSA) is 29.3 Å². The third-order valence-electron chi connectivity index (χ3n) is 3.81. The van der Waals surface area contributed by atoms with Crippen molar-refractivity contribution in [1.29, 1.82) is 0 Å². The molecule has 1 aliphatic carbocycles. The zero-order chi connectivity index (χ0) is 12.4. The van der Waals surface area contributed by atoms with Crippen LogP contribution in [0.1, 0.15) is 37.7 Å². The van der Waals surface area contributed by atoms with Crippen molar-refractivity contribution in [2.75, 3.05) is 17.7 Å². The molecule has 0 saturated heterocycles. The van der Waals surface area contributed by atoms with Gasteiger partial charge in [0.15, 0.2) is 0 Å². The zero-order valence-corrected chi connectivity index (χ0v) is 11.4. The Morgan fingerprint density at radius 2 is 1.88 bits per heavy atom. The highest BCUT2D eigenvalue weighted by Gasteiger charge is 2.20. The first kappa shape index (κ1) is 12.6. The highest BCUT2D eigenvalue weighted by atomic mass is 35.5. The molecule has 0 heterocycles. The minimum absolute atomic E-state index is 0.631. The summed E-state index contributed by atoms with van der Waals surface area (Å²) >= 11 is 6.08. The van der Waals surface area contributed by atoms with E-state index in [2.05, 4.69) is 18.0 Å². The fourth-order valence-electron chi connectivity index (χ4n) is 2.65. The number of benzene rings is 1. The highest BCUT2D eigenvalue weighted by molar-refractivity contribution is 6.31. The molecule has 0 atom stereocenters. The van der Waals surface area contributed by atoms with E-state index in [-0.39, 0.29) is 0 Å². The number of aryl methyl sites for hydroxylation is 1. The molecule has 2 N–H and O–H groups in total. The van der Waals surface area contributed by atoms with Crippen molar-refractivity contribution in [1.82, 2.24) is 0 Å². The Morgan fingerprint density at radius 3 is 2.53 bits per heavy atom. The van der Waals surface area contributed by atoms with E-state index in [1.54, 1.807) is 0 Å². The van der Waals surface area contributed by atoms with Gasteiger partial charge >= 0.3 is 0 Å². The van der Waals surface area contributed by atoms with Gasteiger partial charge in [-0.3, -0.25) is 0 Å². The van der Waals surface area contributed by atoms with Gasteiger partial charge in [0.25, 0.3) is 0 Å². The van der Waals surface area contributed by atoms with Crippen molar-refractivity contribution in [2.45, 2.75) is 45.1 Å². The van der Waals surface area contributed by atoms with E-state index >= 15 is 0 Å². The molecule has 3 heteroatoms. The quantitative estimate of drug-likeness (QED) is 0.807. The van der Waals surface area contributed by atoms with Crippen molar-refractivity contribution >= 4 is 23.0 Å². The summed E-state index contributed by atoms with van der Waals surface area (Å²) in [6, 6.07) is 4.60. The second kappa shape index (κ2) is 5.18. The first-order valence-corrected chi connectivity index (χ1v) is 6.76. The van der Waals surface area contributed by atoms with Gasteiger partial charge in [-0.2, -0.15) is 0 Å². The average molecular weight is 253 g/mol. The number of nitrogens with two attached hydrogens (primary N) is 1. The molecule has 0 aromatic heterocycles. The third-order valence-corrected chi connectivity index (χ3v) is 4.22. The maximum absolute atomic E-state index is 6.08. The Labute approximate surface area is 109 Å². The van der Waals surface area contributed by atoms with Crippen LogP contribution in [0.2, 0.25) is 5.02 Å². The zero-order valence-electron chi connectivity index (χ0n) is 10.7. The average Bonchev–Trinajstić information content (AvgIpc) is 2.34. The number of rotatable bonds is 2. The summed E-state index contributed by atoms with van der Waals surface area (Å²) in [7, 11) is 2.15. The first-order chi connectivity index (χ1) is 8.09. The number of hydrogen-bond donors (Lipinski definition) is 1. The van der Waals surface area contributed by atoms with Crippen LogP contribution in [0.15, 0.2) is 12.1 Å². The van der Waals surface area contributed by atoms with Gasteiger partial charge in [-0.25, -0.2) is 0 Å². The molecule has 2 nitrogen and oxygen atoms in total. The summed E-state index contributed by atoms with van der Waals surface area (Å²) in [6.45, 7) is 2.03. The van der Waals surface area contributed by atoms with E-state index in [1.165, 1.54) is 32.1 Å². The van der Waals surface area contributed by atoms with Gasteiger partial charge in [0.1, 0.15) is 0 Å². The molecule has 0 unspecified atom stereocenters. The van der Waals surface area contributed by atoms with Gasteiger partial charge in [0, 0.05) is 18.1 Å². The molecule has 1 saturated carbocycles. The van der Waals surface area contributed by atoms with E-state index < -0.39 is 0 Å². The lowest BCUT2D eigenvalue weighted by Gasteiger charge is -2.34. The van der Waals surface area contributed by atoms with Crippen molar-refractivity contribution in [3.05, 3.63) is 22.7 Å². The summed E-state index contributed by atoms with van der Waals surface area (Å²) in [5, 5.41) is 0.753. The molecule has 0 radical (unpaired) electrons. The van der Waals surface area contributed by atoms with Crippen LogP contribution >= 0.6 is 11.6 Å². The molecule has 0 spiro atoms. The molecular formula is C14H21ClN2. The number of anilines is 2. The predicted molar refractivity (Wildman–Crippen MR) is 75.9 cm³/mol. The van der Waals surface area contributed by atoms with E-state index in [0.717, 1.165) is 22.0 Å². The van der Waals surface area contributed by atoms with E-state index in [4.69, 9.17) is 17.3 Å². The molecule has 0 bridgehead atoms. The highest BCUT2D eigenvalue weighted by Crippen LogP contribution is 2.33. The fraction of sp³-hybridized carbons (Fsp3) is 0.571. The van der Waals surface area contributed by atoms with Gasteiger partial charge in [0.2, 0.25) is 0 Å². The lowest BCUT2D eigenvalue weighted by Crippen LogP contribution is -2.33. The lowest BCUT2D eigenvalue weighted by molar-refractivity contribution is 0.428. The Hall–Kier alpha value is -0.890. The SMILES string of the molecule is Cc1cc(N(C)C2CCCCC2)c(N)cc1Cl. The lowest BCUT2D eigenvalue weighted by atomic mass is 9.94. The number of halogens is 1. The molecule has 1 aromatic rings. The second-order valence-electron chi connectivity index (χ2n) is 5.06. The Kier molecular flexibility index (Phi) is 3.82. The van der Waals surface area contributed by atoms with Crippen molar-refractivity contribution in [3.63, 3.8) is 0 Å². The van der Waals surface area contributed by atoms with Crippen LogP contribution in [0.5, 0.6) is 0 Å². The van der Waals surface area contributed by atoms with E-state index in [9.17, 15) is 0 Å². The van der Waals surface area contributed by atoms with Crippen molar-refractivity contribution in [2.24, 2.45) is 0 Å². The van der Waals surface area contributed by atoms with Gasteiger partial charge in [-0.1, -0.05) is 30.9 Å². The molecule has 2 rings (SSSR count). The monoisotopic (exact) mass is 252 g/mol. The third kappa shape index (κ3) is 2.68.